The smallest absolute Gasteiger partial charge is 0.407 e. The largest absolute Gasteiger partial charge is 0.480 e. The van der Waals surface area contributed by atoms with Crippen LogP contribution in [0.5, 0.6) is 0 Å². The van der Waals surface area contributed by atoms with E-state index in [9.17, 15) is 24.0 Å². The van der Waals surface area contributed by atoms with Crippen molar-refractivity contribution in [2.75, 3.05) is 67.3 Å². The van der Waals surface area contributed by atoms with Gasteiger partial charge in [0.25, 0.3) is 0 Å². The van der Waals surface area contributed by atoms with Gasteiger partial charge in [0, 0.05) is 59.8 Å². The Morgan fingerprint density at radius 1 is 0.557 bits per heavy atom. The number of aliphatic carboxylic acids is 2. The maximum Gasteiger partial charge on any atom is 0.407 e. The predicted octanol–water partition coefficient (Wildman–Crippen LogP) is 11.4. The molecule has 15 heteroatoms. The maximum atomic E-state index is 11.8. The van der Waals surface area contributed by atoms with Crippen molar-refractivity contribution in [3.63, 3.8) is 0 Å². The molecular weight excluding hydrogens is 891 g/mol. The van der Waals surface area contributed by atoms with E-state index in [1.54, 1.807) is 7.11 Å². The molecule has 0 spiro atoms. The second-order valence-electron chi connectivity index (χ2n) is 26.3. The zero-order chi connectivity index (χ0) is 56.2. The monoisotopic (exact) mass is 1010 g/mol. The first-order chi connectivity index (χ1) is 31.4. The molecule has 1 rings (SSSR count). The third-order valence-electron chi connectivity index (χ3n) is 9.73. The zero-order valence-electron chi connectivity index (χ0n) is 49.5. The van der Waals surface area contributed by atoms with Crippen LogP contribution in [0.25, 0.3) is 0 Å². The standard InChI is InChI=1S/C14H27NO5.C11H22N2O.C10H21NO2.C8H17NO.C7H16O.C5H12/c1-14(2,3)8-6-5-7-11(12(16)17)15-13(18)20-10-9-19-4;1-11(2,3)9-10(14)13-7-5-12(4)6-8-13;1-10(2,3)7-5-4-6-8(11)9(12)13;1-8(2,3)6-4-5-7(9)10;1-7(2,3)5-6-8-4;1-5(2,3)4/h11H,5-10H2,1-4H3,(H,15,18)(H,16,17);5-9H2,1-4H3;8H,4-7,11H2,1-3H3,(H,12,13);4-6H2,1-3H3,(H2,9,10);5-6H2,1-4H3;1-4H3/t11-;;8-;;;/m0.0.../s1. The highest BCUT2D eigenvalue weighted by molar-refractivity contribution is 5.79. The lowest BCUT2D eigenvalue weighted by atomic mass is 9.89. The van der Waals surface area contributed by atoms with Gasteiger partial charge >= 0.3 is 18.0 Å². The number of piperazine rings is 1. The van der Waals surface area contributed by atoms with Crippen molar-refractivity contribution in [2.45, 2.75) is 227 Å². The molecule has 70 heavy (non-hydrogen) atoms. The fourth-order valence-corrected chi connectivity index (χ4v) is 5.63. The number of rotatable bonds is 20. The van der Waals surface area contributed by atoms with E-state index in [1.807, 2.05) is 4.90 Å². The summed E-state index contributed by atoms with van der Waals surface area (Å²) in [6, 6.07) is -1.58. The van der Waals surface area contributed by atoms with Crippen molar-refractivity contribution in [2.24, 2.45) is 44.0 Å². The van der Waals surface area contributed by atoms with Crippen molar-refractivity contribution in [1.29, 1.82) is 0 Å². The van der Waals surface area contributed by atoms with Crippen LogP contribution in [0.15, 0.2) is 0 Å². The molecule has 0 unspecified atom stereocenters. The second kappa shape index (κ2) is 39.5. The van der Waals surface area contributed by atoms with Crippen LogP contribution in [0.1, 0.15) is 215 Å². The topological polar surface area (TPSA) is 224 Å². The van der Waals surface area contributed by atoms with Crippen molar-refractivity contribution < 1.29 is 48.4 Å². The van der Waals surface area contributed by atoms with Crippen LogP contribution in [-0.4, -0.2) is 129 Å². The summed E-state index contributed by atoms with van der Waals surface area (Å²) in [5.74, 6) is -1.81. The van der Waals surface area contributed by atoms with Crippen LogP contribution >= 0.6 is 0 Å². The molecule has 15 nitrogen and oxygen atoms in total. The fraction of sp³-hybridized carbons (Fsp3) is 0.909. The average Bonchev–Trinajstić information content (AvgIpc) is 3.15. The van der Waals surface area contributed by atoms with Crippen LogP contribution in [0.2, 0.25) is 0 Å². The molecule has 0 radical (unpaired) electrons. The summed E-state index contributed by atoms with van der Waals surface area (Å²) in [6.45, 7) is 46.3. The number of carboxylic acids is 2. The van der Waals surface area contributed by atoms with Crippen molar-refractivity contribution >= 4 is 29.8 Å². The molecule has 1 aliphatic rings. The summed E-state index contributed by atoms with van der Waals surface area (Å²) in [7, 11) is 5.34. The number of nitrogens with one attached hydrogen (secondary N) is 1. The molecule has 0 aliphatic carbocycles. The lowest BCUT2D eigenvalue weighted by molar-refractivity contribution is -0.140. The van der Waals surface area contributed by atoms with Crippen LogP contribution in [0, 0.1) is 32.5 Å². The molecule has 2 atom stereocenters. The molecule has 1 fully saturated rings. The number of unbranched alkanes of at least 4 members (excludes halogenated alkanes) is 2. The first-order valence-electron chi connectivity index (χ1n) is 25.8. The third-order valence-corrected chi connectivity index (χ3v) is 9.73. The summed E-state index contributed by atoms with van der Waals surface area (Å²) in [5, 5.41) is 19.9. The summed E-state index contributed by atoms with van der Waals surface area (Å²) >= 11 is 0. The first kappa shape index (κ1) is 75.9. The minimum Gasteiger partial charge on any atom is -0.480 e. The minimum atomic E-state index is -1.04. The number of carbonyl (C=O) groups is 5. The van der Waals surface area contributed by atoms with Crippen LogP contribution in [-0.2, 0) is 33.4 Å². The van der Waals surface area contributed by atoms with E-state index in [0.717, 1.165) is 90.6 Å². The SMILES string of the molecule is CC(C)(C)C.CC(C)(C)CCCC(N)=O.CC(C)(C)CCCC[C@H](N)C(=O)O.CN1CCN(C(=O)CC(C)(C)C)CC1.COCCC(C)(C)C.COCCOC(=O)N[C@@H](CCCCC(C)(C)C)C(=O)O. The number of ether oxygens (including phenoxy) is 3. The molecular formula is C55H115N5O10. The summed E-state index contributed by atoms with van der Waals surface area (Å²) in [4.78, 5) is 59.2. The predicted molar refractivity (Wildman–Crippen MR) is 291 cm³/mol. The zero-order valence-corrected chi connectivity index (χ0v) is 49.5. The molecule has 420 valence electrons. The lowest BCUT2D eigenvalue weighted by Gasteiger charge is -2.34. The number of amides is 3. The highest BCUT2D eigenvalue weighted by Crippen LogP contribution is 2.24. The fourth-order valence-electron chi connectivity index (χ4n) is 5.63. The van der Waals surface area contributed by atoms with E-state index in [1.165, 1.54) is 7.11 Å². The van der Waals surface area contributed by atoms with Crippen molar-refractivity contribution in [1.82, 2.24) is 15.1 Å². The Bertz CT molecular complexity index is 1340. The van der Waals surface area contributed by atoms with E-state index in [2.05, 4.69) is 149 Å². The Morgan fingerprint density at radius 2 is 0.957 bits per heavy atom. The second-order valence-corrected chi connectivity index (χ2v) is 26.3. The molecule has 0 saturated carbocycles. The number of methoxy groups -OCH3 is 2. The van der Waals surface area contributed by atoms with Gasteiger partial charge in [-0.05, 0) is 84.5 Å². The van der Waals surface area contributed by atoms with E-state index in [0.29, 0.717) is 53.3 Å². The van der Waals surface area contributed by atoms with E-state index >= 15 is 0 Å². The molecule has 3 amide bonds. The number of carbonyl (C=O) groups excluding carboxylic acids is 3. The molecule has 0 bridgehead atoms. The van der Waals surface area contributed by atoms with E-state index in [-0.39, 0.29) is 30.0 Å². The number of primary amides is 1. The van der Waals surface area contributed by atoms with E-state index in [4.69, 9.17) is 35.9 Å². The van der Waals surface area contributed by atoms with Gasteiger partial charge in [0.1, 0.15) is 18.7 Å². The van der Waals surface area contributed by atoms with E-state index < -0.39 is 30.1 Å². The van der Waals surface area contributed by atoms with Gasteiger partial charge < -0.3 is 51.0 Å². The Hall–Kier alpha value is -3.01. The Morgan fingerprint density at radius 3 is 1.29 bits per heavy atom. The normalized spacial score (nSPS) is 14.1. The van der Waals surface area contributed by atoms with Crippen LogP contribution < -0.4 is 16.8 Å². The Labute approximate surface area is 430 Å². The average molecular weight is 1010 g/mol. The van der Waals surface area contributed by atoms with Crippen molar-refractivity contribution in [3.8, 4) is 0 Å². The van der Waals surface area contributed by atoms with Crippen LogP contribution in [0.3, 0.4) is 0 Å². The van der Waals surface area contributed by atoms with Gasteiger partial charge in [0.15, 0.2) is 0 Å². The Balaban J connectivity index is -0.000000252. The summed E-state index contributed by atoms with van der Waals surface area (Å²) < 4.78 is 14.4. The molecule has 1 saturated heterocycles. The van der Waals surface area contributed by atoms with Gasteiger partial charge in [-0.2, -0.15) is 0 Å². The van der Waals surface area contributed by atoms with Gasteiger partial charge in [0.05, 0.1) is 6.61 Å². The number of hydrogen-bond acceptors (Lipinski definition) is 10. The molecule has 1 heterocycles. The first-order valence-corrected chi connectivity index (χ1v) is 25.8. The molecule has 0 aromatic carbocycles. The van der Waals surface area contributed by atoms with Crippen LogP contribution in [0.4, 0.5) is 4.79 Å². The highest BCUT2D eigenvalue weighted by Gasteiger charge is 2.24. The summed E-state index contributed by atoms with van der Waals surface area (Å²) in [5.41, 5.74) is 12.3. The quantitative estimate of drug-likeness (QED) is 0.0719. The number of nitrogens with two attached hydrogens (primary N) is 2. The number of carboxylic acid groups (broad SMARTS) is 2. The van der Waals surface area contributed by atoms with Gasteiger partial charge in [-0.1, -0.05) is 157 Å². The number of nitrogens with zero attached hydrogens (tertiary/aromatic N) is 2. The minimum absolute atomic E-state index is 0.110. The molecule has 7 N–H and O–H groups in total. The van der Waals surface area contributed by atoms with Gasteiger partial charge in [-0.25, -0.2) is 9.59 Å². The Kier molecular flexibility index (Phi) is 42.8. The highest BCUT2D eigenvalue weighted by atomic mass is 16.6. The molecule has 1 aliphatic heterocycles. The molecule has 0 aromatic rings. The maximum absolute atomic E-state index is 11.8. The summed E-state index contributed by atoms with van der Waals surface area (Å²) in [6.07, 6.45) is 10.4. The van der Waals surface area contributed by atoms with Gasteiger partial charge in [-0.15, -0.1) is 0 Å². The number of likely N-dealkylation sites (N-methyl/N-ethyl adjacent to an activating group) is 1. The molecule has 0 aromatic heterocycles. The van der Waals surface area contributed by atoms with Crippen molar-refractivity contribution in [3.05, 3.63) is 0 Å². The van der Waals surface area contributed by atoms with Gasteiger partial charge in [-0.3, -0.25) is 14.4 Å². The lowest BCUT2D eigenvalue weighted by Crippen LogP contribution is -2.47. The van der Waals surface area contributed by atoms with Gasteiger partial charge in [0.2, 0.25) is 11.8 Å². The third kappa shape index (κ3) is 71.5. The number of alkyl carbamates (subject to hydrolysis) is 1. The number of hydrogen-bond donors (Lipinski definition) is 5.